The molecule has 1 amide bonds. The molecule has 0 aliphatic heterocycles. The zero-order valence-electron chi connectivity index (χ0n) is 14.1. The number of carbonyl (C=O) groups is 2. The predicted molar refractivity (Wildman–Crippen MR) is 91.4 cm³/mol. The Balaban J connectivity index is 1.45. The van der Waals surface area contributed by atoms with Crippen LogP contribution in [0, 0.1) is 6.92 Å². The van der Waals surface area contributed by atoms with Crippen LogP contribution in [0.25, 0.3) is 10.7 Å². The second-order valence-corrected chi connectivity index (χ2v) is 6.38. The highest BCUT2D eigenvalue weighted by molar-refractivity contribution is 7.13. The minimum absolute atomic E-state index is 0.0206. The number of nitrogens with zero attached hydrogens (tertiary/aromatic N) is 3. The summed E-state index contributed by atoms with van der Waals surface area (Å²) in [5, 5.41) is 11.9. The van der Waals surface area contributed by atoms with Crippen LogP contribution in [0.5, 0.6) is 0 Å². The molecule has 3 aromatic rings. The monoisotopic (exact) mass is 376 g/mol. The molecule has 0 fully saturated rings. The Morgan fingerprint density at radius 2 is 2.19 bits per heavy atom. The van der Waals surface area contributed by atoms with Crippen molar-refractivity contribution >= 4 is 29.0 Å². The van der Waals surface area contributed by atoms with E-state index in [1.54, 1.807) is 13.0 Å². The number of nitrogens with one attached hydrogen (secondary N) is 1. The average Bonchev–Trinajstić information content (AvgIpc) is 3.34. The van der Waals surface area contributed by atoms with Gasteiger partial charge in [-0.2, -0.15) is 4.98 Å². The van der Waals surface area contributed by atoms with Gasteiger partial charge in [-0.1, -0.05) is 16.4 Å². The van der Waals surface area contributed by atoms with E-state index >= 15 is 0 Å². The van der Waals surface area contributed by atoms with E-state index in [0.717, 1.165) is 4.88 Å². The fourth-order valence-electron chi connectivity index (χ4n) is 2.03. The third kappa shape index (κ3) is 4.54. The highest BCUT2D eigenvalue weighted by Crippen LogP contribution is 2.21. The molecule has 0 radical (unpaired) electrons. The van der Waals surface area contributed by atoms with Crippen molar-refractivity contribution in [1.82, 2.24) is 15.3 Å². The van der Waals surface area contributed by atoms with Crippen LogP contribution in [-0.4, -0.2) is 33.3 Å². The molecule has 0 aromatic carbocycles. The number of esters is 1. The Kier molecular flexibility index (Phi) is 5.42. The number of rotatable bonds is 7. The molecule has 26 heavy (non-hydrogen) atoms. The summed E-state index contributed by atoms with van der Waals surface area (Å²) >= 11 is 1.49. The maximum atomic E-state index is 12.0. The molecule has 3 rings (SSSR count). The molecule has 9 nitrogen and oxygen atoms in total. The summed E-state index contributed by atoms with van der Waals surface area (Å²) in [7, 11) is 0. The minimum atomic E-state index is -0.969. The second-order valence-electron chi connectivity index (χ2n) is 5.43. The van der Waals surface area contributed by atoms with Gasteiger partial charge in [-0.15, -0.1) is 11.3 Å². The number of aryl methyl sites for hydroxylation is 2. The van der Waals surface area contributed by atoms with Gasteiger partial charge in [0.15, 0.2) is 11.9 Å². The number of thiophene rings is 1. The van der Waals surface area contributed by atoms with E-state index in [2.05, 4.69) is 20.6 Å². The number of aromatic nitrogens is 3. The smallest absolute Gasteiger partial charge is 0.307 e. The topological polar surface area (TPSA) is 120 Å². The van der Waals surface area contributed by atoms with E-state index in [1.807, 2.05) is 17.5 Å². The summed E-state index contributed by atoms with van der Waals surface area (Å²) < 4.78 is 15.1. The van der Waals surface area contributed by atoms with Crippen molar-refractivity contribution in [3.63, 3.8) is 0 Å². The number of amides is 1. The van der Waals surface area contributed by atoms with Gasteiger partial charge in [-0.25, -0.2) is 0 Å². The Labute approximate surface area is 152 Å². The molecule has 0 aliphatic rings. The molecule has 136 valence electrons. The van der Waals surface area contributed by atoms with E-state index in [4.69, 9.17) is 13.8 Å². The number of anilines is 1. The maximum absolute atomic E-state index is 12.0. The van der Waals surface area contributed by atoms with Crippen LogP contribution in [0.2, 0.25) is 0 Å². The summed E-state index contributed by atoms with van der Waals surface area (Å²) in [5.41, 5.74) is 0. The Bertz CT molecular complexity index is 886. The lowest BCUT2D eigenvalue weighted by Crippen LogP contribution is -2.30. The van der Waals surface area contributed by atoms with Gasteiger partial charge in [0.2, 0.25) is 11.7 Å². The van der Waals surface area contributed by atoms with Crippen LogP contribution in [0.4, 0.5) is 5.82 Å². The summed E-state index contributed by atoms with van der Waals surface area (Å²) in [6.07, 6.45) is -0.718. The van der Waals surface area contributed by atoms with Gasteiger partial charge in [-0.3, -0.25) is 9.59 Å². The first kappa shape index (κ1) is 17.8. The number of hydrogen-bond acceptors (Lipinski definition) is 9. The normalized spacial score (nSPS) is 11.9. The fraction of sp³-hybridized carbons (Fsp3) is 0.312. The number of carbonyl (C=O) groups excluding carboxylic acids is 2. The SMILES string of the molecule is Cc1cc(NC(=O)[C@H](C)OC(=O)CCc2nc(-c3cccs3)no2)no1. The van der Waals surface area contributed by atoms with Crippen molar-refractivity contribution in [2.24, 2.45) is 0 Å². The first-order valence-electron chi connectivity index (χ1n) is 7.81. The summed E-state index contributed by atoms with van der Waals surface area (Å²) in [6, 6.07) is 5.33. The van der Waals surface area contributed by atoms with Crippen molar-refractivity contribution in [2.75, 3.05) is 5.32 Å². The summed E-state index contributed by atoms with van der Waals surface area (Å²) in [4.78, 5) is 29.0. The Hall–Kier alpha value is -3.01. The van der Waals surface area contributed by atoms with E-state index in [9.17, 15) is 9.59 Å². The first-order valence-corrected chi connectivity index (χ1v) is 8.69. The van der Waals surface area contributed by atoms with Gasteiger partial charge in [0.05, 0.1) is 11.3 Å². The zero-order valence-corrected chi connectivity index (χ0v) is 14.9. The molecule has 0 saturated heterocycles. The quantitative estimate of drug-likeness (QED) is 0.625. The minimum Gasteiger partial charge on any atom is -0.453 e. The molecule has 0 bridgehead atoms. The van der Waals surface area contributed by atoms with E-state index < -0.39 is 18.0 Å². The van der Waals surface area contributed by atoms with Crippen LogP contribution < -0.4 is 5.32 Å². The predicted octanol–water partition coefficient (Wildman–Crippen LogP) is 2.60. The standard InChI is InChI=1S/C16H16N4O5S/c1-9-8-12(19-24-9)17-16(22)10(2)23-14(21)6-5-13-18-15(20-25-13)11-4-3-7-26-11/h3-4,7-8,10H,5-6H2,1-2H3,(H,17,19,22)/t10-/m0/s1. The third-order valence-corrected chi connectivity index (χ3v) is 4.18. The third-order valence-electron chi connectivity index (χ3n) is 3.31. The van der Waals surface area contributed by atoms with Crippen LogP contribution in [0.3, 0.4) is 0 Å². The Morgan fingerprint density at radius 3 is 2.88 bits per heavy atom. The van der Waals surface area contributed by atoms with Gasteiger partial charge in [0, 0.05) is 12.5 Å². The lowest BCUT2D eigenvalue weighted by Gasteiger charge is -2.11. The highest BCUT2D eigenvalue weighted by atomic mass is 32.1. The second kappa shape index (κ2) is 7.91. The molecule has 3 heterocycles. The Morgan fingerprint density at radius 1 is 1.35 bits per heavy atom. The van der Waals surface area contributed by atoms with Crippen LogP contribution in [-0.2, 0) is 20.7 Å². The fourth-order valence-corrected chi connectivity index (χ4v) is 2.68. The number of hydrogen-bond donors (Lipinski definition) is 1. The number of ether oxygens (including phenoxy) is 1. The summed E-state index contributed by atoms with van der Waals surface area (Å²) in [6.45, 7) is 3.18. The van der Waals surface area contributed by atoms with Crippen molar-refractivity contribution in [2.45, 2.75) is 32.8 Å². The molecule has 1 N–H and O–H groups in total. The van der Waals surface area contributed by atoms with Gasteiger partial charge in [0.1, 0.15) is 5.76 Å². The molecular formula is C16H16N4O5S. The maximum Gasteiger partial charge on any atom is 0.307 e. The van der Waals surface area contributed by atoms with Gasteiger partial charge >= 0.3 is 5.97 Å². The van der Waals surface area contributed by atoms with E-state index in [1.165, 1.54) is 18.3 Å². The lowest BCUT2D eigenvalue weighted by molar-refractivity contribution is -0.153. The largest absolute Gasteiger partial charge is 0.453 e. The van der Waals surface area contributed by atoms with Crippen LogP contribution in [0.1, 0.15) is 25.0 Å². The molecule has 0 unspecified atom stereocenters. The lowest BCUT2D eigenvalue weighted by atomic mass is 10.3. The van der Waals surface area contributed by atoms with Gasteiger partial charge in [-0.05, 0) is 25.3 Å². The van der Waals surface area contributed by atoms with Crippen molar-refractivity contribution in [1.29, 1.82) is 0 Å². The van der Waals surface area contributed by atoms with Crippen LogP contribution in [0.15, 0.2) is 32.6 Å². The summed E-state index contributed by atoms with van der Waals surface area (Å²) in [5.74, 6) is 0.609. The average molecular weight is 376 g/mol. The molecule has 3 aromatic heterocycles. The molecule has 0 spiro atoms. The highest BCUT2D eigenvalue weighted by Gasteiger charge is 2.20. The van der Waals surface area contributed by atoms with E-state index in [0.29, 0.717) is 17.5 Å². The molecule has 10 heteroatoms. The molecule has 1 atom stereocenters. The van der Waals surface area contributed by atoms with Crippen molar-refractivity contribution < 1.29 is 23.4 Å². The van der Waals surface area contributed by atoms with Crippen molar-refractivity contribution in [3.8, 4) is 10.7 Å². The first-order chi connectivity index (χ1) is 12.5. The molecule has 0 saturated carbocycles. The molecule has 0 aliphatic carbocycles. The van der Waals surface area contributed by atoms with E-state index in [-0.39, 0.29) is 18.7 Å². The van der Waals surface area contributed by atoms with Gasteiger partial charge in [0.25, 0.3) is 5.91 Å². The zero-order chi connectivity index (χ0) is 18.5. The molecular weight excluding hydrogens is 360 g/mol. The van der Waals surface area contributed by atoms with Gasteiger partial charge < -0.3 is 19.1 Å². The van der Waals surface area contributed by atoms with Crippen molar-refractivity contribution in [3.05, 3.63) is 35.2 Å². The van der Waals surface area contributed by atoms with Crippen LogP contribution >= 0.6 is 11.3 Å².